The molecular weight excluding hydrogens is 428 g/mol. The van der Waals surface area contributed by atoms with Crippen LogP contribution in [0.5, 0.6) is 5.75 Å². The van der Waals surface area contributed by atoms with E-state index in [1.54, 1.807) is 29.4 Å². The minimum atomic E-state index is -0.360. The molecule has 3 heterocycles. The van der Waals surface area contributed by atoms with E-state index in [1.807, 2.05) is 60.7 Å². The van der Waals surface area contributed by atoms with Crippen molar-refractivity contribution in [2.45, 2.75) is 13.1 Å². The molecule has 0 saturated heterocycles. The molecule has 8 nitrogen and oxygen atoms in total. The van der Waals surface area contributed by atoms with E-state index in [0.29, 0.717) is 30.5 Å². The highest BCUT2D eigenvalue weighted by Crippen LogP contribution is 2.29. The lowest BCUT2D eigenvalue weighted by molar-refractivity contribution is 0.152. The van der Waals surface area contributed by atoms with Gasteiger partial charge in [0, 0.05) is 35.9 Å². The summed E-state index contributed by atoms with van der Waals surface area (Å²) in [6.45, 7) is 0.998. The quantitative estimate of drug-likeness (QED) is 0.388. The first-order valence-corrected chi connectivity index (χ1v) is 10.9. The van der Waals surface area contributed by atoms with Crippen LogP contribution in [0.4, 0.5) is 16.3 Å². The highest BCUT2D eigenvalue weighted by atomic mass is 16.6. The van der Waals surface area contributed by atoms with Crippen molar-refractivity contribution in [2.75, 3.05) is 5.32 Å². The van der Waals surface area contributed by atoms with E-state index in [9.17, 15) is 4.79 Å². The average Bonchev–Trinajstić information content (AvgIpc) is 3.51. The number of anilines is 2. The van der Waals surface area contributed by atoms with Gasteiger partial charge in [-0.05, 0) is 53.6 Å². The summed E-state index contributed by atoms with van der Waals surface area (Å²) in [5.41, 5.74) is 4.95. The van der Waals surface area contributed by atoms with Gasteiger partial charge in [0.15, 0.2) is 5.82 Å². The number of hydrogen-bond donors (Lipinski definition) is 2. The fraction of sp³-hybridized carbons (Fsp3) is 0.0769. The molecule has 5 aromatic rings. The second kappa shape index (κ2) is 8.32. The summed E-state index contributed by atoms with van der Waals surface area (Å²) in [4.78, 5) is 23.4. The average molecular weight is 448 g/mol. The molecule has 0 radical (unpaired) electrons. The largest absolute Gasteiger partial charge is 0.415 e. The third-order valence-corrected chi connectivity index (χ3v) is 5.76. The standard InChI is InChI=1S/C26H20N6O2/c33-26(34-22-4-2-1-3-5-22)32-15-18-7-6-17(12-20(18)16-32)25-27-11-10-24(30-25)29-21-8-9-23-19(13-21)14-28-31-23/h1-14H,15-16H2,(H,28,31)(H,27,29,30). The molecule has 0 bridgehead atoms. The van der Waals surface area contributed by atoms with Gasteiger partial charge in [0.2, 0.25) is 0 Å². The number of carbonyl (C=O) groups is 1. The molecule has 1 aliphatic rings. The van der Waals surface area contributed by atoms with Crippen LogP contribution in [0.1, 0.15) is 11.1 Å². The second-order valence-electron chi connectivity index (χ2n) is 8.08. The summed E-state index contributed by atoms with van der Waals surface area (Å²) in [5, 5.41) is 11.4. The van der Waals surface area contributed by atoms with Crippen LogP contribution >= 0.6 is 0 Å². The Kier molecular flexibility index (Phi) is 4.88. The Morgan fingerprint density at radius 3 is 2.76 bits per heavy atom. The van der Waals surface area contributed by atoms with Gasteiger partial charge in [-0.3, -0.25) is 10.00 Å². The number of nitrogens with zero attached hydrogens (tertiary/aromatic N) is 4. The Bertz CT molecular complexity index is 1500. The maximum atomic E-state index is 12.6. The number of fused-ring (bicyclic) bond motifs is 2. The number of nitrogens with one attached hydrogen (secondary N) is 2. The Morgan fingerprint density at radius 1 is 0.971 bits per heavy atom. The van der Waals surface area contributed by atoms with Gasteiger partial charge < -0.3 is 10.1 Å². The van der Waals surface area contributed by atoms with Crippen LogP contribution in [0, 0.1) is 0 Å². The topological polar surface area (TPSA) is 96.0 Å². The van der Waals surface area contributed by atoms with Crippen molar-refractivity contribution in [1.29, 1.82) is 0 Å². The van der Waals surface area contributed by atoms with Crippen molar-refractivity contribution >= 4 is 28.5 Å². The summed E-state index contributed by atoms with van der Waals surface area (Å²) >= 11 is 0. The predicted octanol–water partition coefficient (Wildman–Crippen LogP) is 5.28. The zero-order chi connectivity index (χ0) is 22.9. The van der Waals surface area contributed by atoms with Gasteiger partial charge in [-0.2, -0.15) is 5.10 Å². The van der Waals surface area contributed by atoms with E-state index in [2.05, 4.69) is 20.5 Å². The molecule has 0 saturated carbocycles. The van der Waals surface area contributed by atoms with E-state index in [0.717, 1.165) is 33.3 Å². The summed E-state index contributed by atoms with van der Waals surface area (Å²) in [7, 11) is 0. The first-order valence-electron chi connectivity index (χ1n) is 10.9. The van der Waals surface area contributed by atoms with Gasteiger partial charge in [-0.15, -0.1) is 0 Å². The van der Waals surface area contributed by atoms with Crippen LogP contribution in [0.15, 0.2) is 85.2 Å². The van der Waals surface area contributed by atoms with Crippen LogP contribution in [0.2, 0.25) is 0 Å². The van der Waals surface area contributed by atoms with Crippen LogP contribution < -0.4 is 10.1 Å². The number of aromatic nitrogens is 4. The molecule has 166 valence electrons. The number of rotatable bonds is 4. The molecule has 34 heavy (non-hydrogen) atoms. The molecule has 3 aromatic carbocycles. The second-order valence-corrected chi connectivity index (χ2v) is 8.08. The number of para-hydroxylation sites is 1. The number of amides is 1. The Hall–Kier alpha value is -4.72. The monoisotopic (exact) mass is 448 g/mol. The van der Waals surface area contributed by atoms with E-state index in [4.69, 9.17) is 9.72 Å². The molecular formula is C26H20N6O2. The first kappa shape index (κ1) is 19.9. The number of H-pyrrole nitrogens is 1. The van der Waals surface area contributed by atoms with Gasteiger partial charge in [-0.1, -0.05) is 30.3 Å². The van der Waals surface area contributed by atoms with Crippen molar-refractivity contribution in [3.63, 3.8) is 0 Å². The minimum absolute atomic E-state index is 0.360. The van der Waals surface area contributed by atoms with Gasteiger partial charge in [-0.25, -0.2) is 14.8 Å². The fourth-order valence-corrected chi connectivity index (χ4v) is 4.05. The lowest BCUT2D eigenvalue weighted by atomic mass is 10.1. The van der Waals surface area contributed by atoms with Gasteiger partial charge in [0.25, 0.3) is 0 Å². The Labute approximate surface area is 195 Å². The maximum absolute atomic E-state index is 12.6. The zero-order valence-electron chi connectivity index (χ0n) is 18.1. The normalized spacial score (nSPS) is 12.5. The number of carbonyl (C=O) groups excluding carboxylic acids is 1. The number of benzene rings is 3. The lowest BCUT2D eigenvalue weighted by Gasteiger charge is -2.14. The predicted molar refractivity (Wildman–Crippen MR) is 129 cm³/mol. The number of hydrogen-bond acceptors (Lipinski definition) is 6. The molecule has 0 aliphatic carbocycles. The van der Waals surface area contributed by atoms with E-state index in [1.165, 1.54) is 0 Å². The molecule has 2 aromatic heterocycles. The number of aromatic amines is 1. The van der Waals surface area contributed by atoms with Gasteiger partial charge >= 0.3 is 6.09 Å². The Morgan fingerprint density at radius 2 is 1.85 bits per heavy atom. The van der Waals surface area contributed by atoms with E-state index >= 15 is 0 Å². The van der Waals surface area contributed by atoms with Gasteiger partial charge in [0.1, 0.15) is 11.6 Å². The molecule has 0 spiro atoms. The molecule has 2 N–H and O–H groups in total. The van der Waals surface area contributed by atoms with Gasteiger partial charge in [0.05, 0.1) is 11.7 Å². The van der Waals surface area contributed by atoms with Crippen LogP contribution in [-0.4, -0.2) is 31.2 Å². The molecule has 6 rings (SSSR count). The first-order chi connectivity index (χ1) is 16.7. The summed E-state index contributed by atoms with van der Waals surface area (Å²) in [6, 6.07) is 22.9. The Balaban J connectivity index is 1.19. The molecule has 0 atom stereocenters. The van der Waals surface area contributed by atoms with Crippen molar-refractivity contribution in [3.05, 3.63) is 96.3 Å². The van der Waals surface area contributed by atoms with Crippen molar-refractivity contribution in [1.82, 2.24) is 25.1 Å². The smallest absolute Gasteiger partial charge is 0.410 e. The minimum Gasteiger partial charge on any atom is -0.410 e. The van der Waals surface area contributed by atoms with Crippen molar-refractivity contribution < 1.29 is 9.53 Å². The van der Waals surface area contributed by atoms with Crippen molar-refractivity contribution in [2.24, 2.45) is 0 Å². The van der Waals surface area contributed by atoms with Crippen LogP contribution in [0.3, 0.4) is 0 Å². The fourth-order valence-electron chi connectivity index (χ4n) is 4.05. The van der Waals surface area contributed by atoms with Crippen LogP contribution in [0.25, 0.3) is 22.3 Å². The van der Waals surface area contributed by atoms with E-state index < -0.39 is 0 Å². The molecule has 0 unspecified atom stereocenters. The lowest BCUT2D eigenvalue weighted by Crippen LogP contribution is -2.28. The molecule has 1 amide bonds. The molecule has 8 heteroatoms. The maximum Gasteiger partial charge on any atom is 0.415 e. The highest BCUT2D eigenvalue weighted by Gasteiger charge is 2.25. The molecule has 1 aliphatic heterocycles. The SMILES string of the molecule is O=C(Oc1ccccc1)N1Cc2ccc(-c3nccc(Nc4ccc5[nH]ncc5c4)n3)cc2C1. The summed E-state index contributed by atoms with van der Waals surface area (Å²) in [6.07, 6.45) is 3.16. The zero-order valence-corrected chi connectivity index (χ0v) is 18.1. The number of ether oxygens (including phenoxy) is 1. The van der Waals surface area contributed by atoms with E-state index in [-0.39, 0.29) is 6.09 Å². The summed E-state index contributed by atoms with van der Waals surface area (Å²) < 4.78 is 5.49. The summed E-state index contributed by atoms with van der Waals surface area (Å²) in [5.74, 6) is 1.85. The molecule has 0 fully saturated rings. The third kappa shape index (κ3) is 3.93. The van der Waals surface area contributed by atoms with Crippen molar-refractivity contribution in [3.8, 4) is 17.1 Å². The highest BCUT2D eigenvalue weighted by molar-refractivity contribution is 5.82. The van der Waals surface area contributed by atoms with Crippen LogP contribution in [-0.2, 0) is 13.1 Å². The third-order valence-electron chi connectivity index (χ3n) is 5.76.